The van der Waals surface area contributed by atoms with Crippen LogP contribution in [0, 0.1) is 0 Å². The molecule has 9 heteroatoms. The molecule has 2 heterocycles. The highest BCUT2D eigenvalue weighted by Gasteiger charge is 2.25. The number of piperazine rings is 1. The van der Waals surface area contributed by atoms with Gasteiger partial charge >= 0.3 is 0 Å². The second-order valence-corrected chi connectivity index (χ2v) is 8.19. The second-order valence-electron chi connectivity index (χ2n) is 8.19. The number of carbonyl (C=O) groups excluding carboxylic acids is 2. The lowest BCUT2D eigenvalue weighted by molar-refractivity contribution is -0.122. The van der Waals surface area contributed by atoms with E-state index in [0.29, 0.717) is 56.3 Å². The van der Waals surface area contributed by atoms with E-state index in [-0.39, 0.29) is 17.9 Å². The van der Waals surface area contributed by atoms with Gasteiger partial charge in [0.25, 0.3) is 5.91 Å². The van der Waals surface area contributed by atoms with Crippen molar-refractivity contribution in [3.8, 4) is 11.5 Å². The van der Waals surface area contributed by atoms with Crippen molar-refractivity contribution in [3.63, 3.8) is 0 Å². The average Bonchev–Trinajstić information content (AvgIpc) is 3.40. The molecule has 0 aliphatic carbocycles. The minimum absolute atomic E-state index is 0.00454. The van der Waals surface area contributed by atoms with Crippen molar-refractivity contribution >= 4 is 11.8 Å². The van der Waals surface area contributed by atoms with Crippen molar-refractivity contribution in [2.24, 2.45) is 0 Å². The molecule has 1 aromatic carbocycles. The van der Waals surface area contributed by atoms with Crippen molar-refractivity contribution in [1.29, 1.82) is 0 Å². The van der Waals surface area contributed by atoms with Crippen LogP contribution in [0.4, 0.5) is 0 Å². The van der Waals surface area contributed by atoms with Gasteiger partial charge in [0.05, 0.1) is 33.1 Å². The third kappa shape index (κ3) is 6.30. The fourth-order valence-corrected chi connectivity index (χ4v) is 4.29. The van der Waals surface area contributed by atoms with Crippen molar-refractivity contribution in [2.45, 2.75) is 19.9 Å². The lowest BCUT2D eigenvalue weighted by Gasteiger charge is -2.34. The Labute approximate surface area is 201 Å². The number of nitrogens with one attached hydrogen (secondary N) is 1. The number of carbonyl (C=O) groups is 2. The maximum absolute atomic E-state index is 12.9. The molecular weight excluding hydrogens is 436 g/mol. The van der Waals surface area contributed by atoms with Crippen molar-refractivity contribution < 1.29 is 23.5 Å². The number of benzene rings is 1. The topological polar surface area (TPSA) is 87.5 Å². The molecule has 34 heavy (non-hydrogen) atoms. The molecule has 1 aliphatic heterocycles. The molecule has 0 radical (unpaired) electrons. The van der Waals surface area contributed by atoms with E-state index >= 15 is 0 Å². The smallest absolute Gasteiger partial charge is 0.254 e. The molecule has 2 amide bonds. The van der Waals surface area contributed by atoms with Gasteiger partial charge in [0.2, 0.25) is 5.91 Å². The van der Waals surface area contributed by atoms with Crippen molar-refractivity contribution in [3.05, 3.63) is 47.9 Å². The van der Waals surface area contributed by atoms with Gasteiger partial charge in [-0.1, -0.05) is 13.8 Å². The largest absolute Gasteiger partial charge is 0.493 e. The van der Waals surface area contributed by atoms with E-state index in [9.17, 15) is 9.59 Å². The first-order chi connectivity index (χ1) is 16.5. The zero-order chi connectivity index (χ0) is 24.5. The highest BCUT2D eigenvalue weighted by atomic mass is 16.5. The predicted octanol–water partition coefficient (Wildman–Crippen LogP) is 2.25. The Bertz CT molecular complexity index is 921. The Morgan fingerprint density at radius 2 is 1.76 bits per heavy atom. The van der Waals surface area contributed by atoms with Crippen molar-refractivity contribution in [2.75, 3.05) is 66.6 Å². The van der Waals surface area contributed by atoms with Gasteiger partial charge in [-0.05, 0) is 43.4 Å². The summed E-state index contributed by atoms with van der Waals surface area (Å²) in [7, 11) is 3.12. The number of likely N-dealkylation sites (N-methyl/N-ethyl adjacent to an activating group) is 1. The van der Waals surface area contributed by atoms with Crippen LogP contribution in [0.15, 0.2) is 41.0 Å². The van der Waals surface area contributed by atoms with Crippen LogP contribution in [0.3, 0.4) is 0 Å². The average molecular weight is 473 g/mol. The summed E-state index contributed by atoms with van der Waals surface area (Å²) in [6.07, 6.45) is 1.66. The van der Waals surface area contributed by atoms with Gasteiger partial charge in [-0.2, -0.15) is 0 Å². The number of amides is 2. The fourth-order valence-electron chi connectivity index (χ4n) is 4.29. The number of furan rings is 1. The maximum Gasteiger partial charge on any atom is 0.254 e. The number of methoxy groups -OCH3 is 2. The van der Waals surface area contributed by atoms with Crippen LogP contribution < -0.4 is 14.8 Å². The summed E-state index contributed by atoms with van der Waals surface area (Å²) >= 11 is 0. The van der Waals surface area contributed by atoms with Crippen LogP contribution in [0.1, 0.15) is 36.0 Å². The summed E-state index contributed by atoms with van der Waals surface area (Å²) in [5, 5.41) is 3.06. The molecule has 0 saturated carbocycles. The molecule has 186 valence electrons. The second kappa shape index (κ2) is 12.4. The molecule has 3 rings (SSSR count). The number of ether oxygens (including phenoxy) is 2. The Hall–Kier alpha value is -3.04. The molecule has 1 aliphatic rings. The highest BCUT2D eigenvalue weighted by Crippen LogP contribution is 2.28. The predicted molar refractivity (Wildman–Crippen MR) is 129 cm³/mol. The lowest BCUT2D eigenvalue weighted by Crippen LogP contribution is -2.51. The molecule has 1 saturated heterocycles. The molecule has 1 aromatic heterocycles. The molecule has 1 fully saturated rings. The normalized spacial score (nSPS) is 15.3. The zero-order valence-electron chi connectivity index (χ0n) is 20.6. The third-order valence-electron chi connectivity index (χ3n) is 6.27. The molecule has 1 unspecified atom stereocenters. The summed E-state index contributed by atoms with van der Waals surface area (Å²) < 4.78 is 16.2. The molecule has 0 bridgehead atoms. The molecule has 1 N–H and O–H groups in total. The fraction of sp³-hybridized carbons (Fsp3) is 0.520. The van der Waals surface area contributed by atoms with Gasteiger partial charge in [-0.25, -0.2) is 0 Å². The van der Waals surface area contributed by atoms with Crippen LogP contribution in [-0.2, 0) is 4.79 Å². The Morgan fingerprint density at radius 3 is 2.35 bits per heavy atom. The van der Waals surface area contributed by atoms with E-state index < -0.39 is 0 Å². The van der Waals surface area contributed by atoms with E-state index in [2.05, 4.69) is 29.0 Å². The number of hydrogen-bond acceptors (Lipinski definition) is 7. The van der Waals surface area contributed by atoms with Gasteiger partial charge in [0.15, 0.2) is 11.5 Å². The van der Waals surface area contributed by atoms with Gasteiger partial charge < -0.3 is 24.1 Å². The SMILES string of the molecule is CCN(CC)C(CNC(=O)CN1CCN(C(=O)c2ccc(OC)c(OC)c2)CC1)c1ccco1. The van der Waals surface area contributed by atoms with Gasteiger partial charge in [0, 0.05) is 38.3 Å². The highest BCUT2D eigenvalue weighted by molar-refractivity contribution is 5.95. The van der Waals surface area contributed by atoms with E-state index in [1.165, 1.54) is 0 Å². The molecule has 1 atom stereocenters. The summed E-state index contributed by atoms with van der Waals surface area (Å²) in [4.78, 5) is 31.7. The molecule has 0 spiro atoms. The number of rotatable bonds is 11. The zero-order valence-corrected chi connectivity index (χ0v) is 20.6. The van der Waals surface area contributed by atoms with Gasteiger partial charge in [-0.15, -0.1) is 0 Å². The monoisotopic (exact) mass is 472 g/mol. The molecule has 9 nitrogen and oxygen atoms in total. The first kappa shape index (κ1) is 25.6. The summed E-state index contributed by atoms with van der Waals surface area (Å²) in [5.74, 6) is 1.90. The molecule has 2 aromatic rings. The van der Waals surface area contributed by atoms with E-state index in [1.54, 1.807) is 38.7 Å². The van der Waals surface area contributed by atoms with Gasteiger partial charge in [-0.3, -0.25) is 19.4 Å². The standard InChI is InChI=1S/C25H36N4O5/c1-5-28(6-2)20(21-8-7-15-34-21)17-26-24(30)18-27-11-13-29(14-12-27)25(31)19-9-10-22(32-3)23(16-19)33-4/h7-10,15-16,20H,5-6,11-14,17-18H2,1-4H3,(H,26,30). The maximum atomic E-state index is 12.9. The number of hydrogen-bond donors (Lipinski definition) is 1. The first-order valence-electron chi connectivity index (χ1n) is 11.8. The van der Waals surface area contributed by atoms with Crippen molar-refractivity contribution in [1.82, 2.24) is 20.0 Å². The minimum atomic E-state index is -0.0504. The Kier molecular flexibility index (Phi) is 9.35. The van der Waals surface area contributed by atoms with Gasteiger partial charge in [0.1, 0.15) is 5.76 Å². The molecular formula is C25H36N4O5. The Morgan fingerprint density at radius 1 is 1.06 bits per heavy atom. The van der Waals surface area contributed by atoms with E-state index in [4.69, 9.17) is 13.9 Å². The van der Waals surface area contributed by atoms with E-state index in [1.807, 2.05) is 17.0 Å². The summed E-state index contributed by atoms with van der Waals surface area (Å²) in [6.45, 7) is 9.15. The van der Waals surface area contributed by atoms with E-state index in [0.717, 1.165) is 18.8 Å². The van der Waals surface area contributed by atoms with Crippen LogP contribution >= 0.6 is 0 Å². The first-order valence-corrected chi connectivity index (χ1v) is 11.8. The van der Waals surface area contributed by atoms with Crippen LogP contribution in [0.2, 0.25) is 0 Å². The lowest BCUT2D eigenvalue weighted by atomic mass is 10.1. The quantitative estimate of drug-likeness (QED) is 0.537. The van der Waals surface area contributed by atoms with Crippen LogP contribution in [0.25, 0.3) is 0 Å². The Balaban J connectivity index is 1.49. The third-order valence-corrected chi connectivity index (χ3v) is 6.27. The minimum Gasteiger partial charge on any atom is -0.493 e. The summed E-state index contributed by atoms with van der Waals surface area (Å²) in [5.41, 5.74) is 0.559. The summed E-state index contributed by atoms with van der Waals surface area (Å²) in [6, 6.07) is 9.01. The van der Waals surface area contributed by atoms with Crippen LogP contribution in [0.5, 0.6) is 11.5 Å². The number of nitrogens with zero attached hydrogens (tertiary/aromatic N) is 3. The van der Waals surface area contributed by atoms with Crippen LogP contribution in [-0.4, -0.2) is 93.1 Å².